The lowest BCUT2D eigenvalue weighted by molar-refractivity contribution is 0.317. The van der Waals surface area contributed by atoms with Gasteiger partial charge in [0.1, 0.15) is 0 Å². The van der Waals surface area contributed by atoms with Gasteiger partial charge in [-0.3, -0.25) is 0 Å². The van der Waals surface area contributed by atoms with Crippen LogP contribution in [0, 0.1) is 0 Å². The van der Waals surface area contributed by atoms with Crippen molar-refractivity contribution >= 4 is 16.9 Å². The Morgan fingerprint density at radius 2 is 2.12 bits per heavy atom. The fourth-order valence-corrected chi connectivity index (χ4v) is 1.41. The average molecular weight is 215 g/mol. The molecule has 1 aromatic carbocycles. The van der Waals surface area contributed by atoms with Gasteiger partial charge < -0.3 is 10.5 Å². The van der Waals surface area contributed by atoms with Crippen molar-refractivity contribution in [1.82, 2.24) is 9.97 Å². The van der Waals surface area contributed by atoms with Crippen LogP contribution in [0.25, 0.3) is 10.9 Å². The van der Waals surface area contributed by atoms with E-state index in [1.807, 2.05) is 24.3 Å². The van der Waals surface area contributed by atoms with Crippen LogP contribution >= 0.6 is 0 Å². The summed E-state index contributed by atoms with van der Waals surface area (Å²) in [5.41, 5.74) is 6.40. The van der Waals surface area contributed by atoms with Crippen LogP contribution in [0.3, 0.4) is 0 Å². The van der Waals surface area contributed by atoms with E-state index in [-0.39, 0.29) is 5.95 Å². The minimum Gasteiger partial charge on any atom is -0.477 e. The Bertz CT molecular complexity index is 511. The highest BCUT2D eigenvalue weighted by Gasteiger charge is 2.05. The molecule has 4 nitrogen and oxygen atoms in total. The van der Waals surface area contributed by atoms with Crippen molar-refractivity contribution in [2.75, 3.05) is 12.3 Å². The van der Waals surface area contributed by atoms with Gasteiger partial charge in [0.2, 0.25) is 11.8 Å². The second-order valence-electron chi connectivity index (χ2n) is 3.33. The van der Waals surface area contributed by atoms with E-state index >= 15 is 0 Å². The Kier molecular flexibility index (Phi) is 3.00. The number of nitrogens with zero attached hydrogens (tertiary/aromatic N) is 2. The molecule has 2 rings (SSSR count). The smallest absolute Gasteiger partial charge is 0.226 e. The van der Waals surface area contributed by atoms with Gasteiger partial charge in [-0.15, -0.1) is 6.58 Å². The predicted octanol–water partition coefficient (Wildman–Crippen LogP) is 2.17. The molecule has 0 atom stereocenters. The Hall–Kier alpha value is -2.10. The fraction of sp³-hybridized carbons (Fsp3) is 0.167. The lowest BCUT2D eigenvalue weighted by Gasteiger charge is -2.07. The van der Waals surface area contributed by atoms with Crippen LogP contribution in [0.4, 0.5) is 5.95 Å². The quantitative estimate of drug-likeness (QED) is 0.627. The molecule has 0 aliphatic rings. The second kappa shape index (κ2) is 4.61. The van der Waals surface area contributed by atoms with Crippen LogP contribution < -0.4 is 10.5 Å². The molecule has 0 amide bonds. The number of benzene rings is 1. The number of fused-ring (bicyclic) bond motifs is 1. The highest BCUT2D eigenvalue weighted by Crippen LogP contribution is 2.22. The fourth-order valence-electron chi connectivity index (χ4n) is 1.41. The summed E-state index contributed by atoms with van der Waals surface area (Å²) < 4.78 is 5.54. The minimum atomic E-state index is 0.229. The number of aromatic nitrogens is 2. The van der Waals surface area contributed by atoms with E-state index in [1.165, 1.54) is 0 Å². The van der Waals surface area contributed by atoms with Crippen LogP contribution in [0.2, 0.25) is 0 Å². The lowest BCUT2D eigenvalue weighted by atomic mass is 10.2. The van der Waals surface area contributed by atoms with Crippen molar-refractivity contribution in [3.8, 4) is 5.88 Å². The summed E-state index contributed by atoms with van der Waals surface area (Å²) in [5.74, 6) is 0.761. The molecule has 0 fully saturated rings. The molecule has 0 aliphatic carbocycles. The number of anilines is 1. The van der Waals surface area contributed by atoms with E-state index in [2.05, 4.69) is 16.5 Å². The maximum atomic E-state index is 5.61. The Labute approximate surface area is 93.8 Å². The average Bonchev–Trinajstić information content (AvgIpc) is 2.29. The number of para-hydroxylation sites is 1. The van der Waals surface area contributed by atoms with Crippen LogP contribution in [-0.2, 0) is 0 Å². The van der Waals surface area contributed by atoms with Crippen molar-refractivity contribution in [3.63, 3.8) is 0 Å². The standard InChI is InChI=1S/C12H13N3O/c1-2-3-8-16-11-9-6-4-5-7-10(9)14-12(13)15-11/h2,4-7H,1,3,8H2,(H2,13,14,15). The summed E-state index contributed by atoms with van der Waals surface area (Å²) >= 11 is 0. The number of hydrogen-bond acceptors (Lipinski definition) is 4. The molecule has 0 saturated heterocycles. The molecule has 0 aliphatic heterocycles. The molecule has 1 aromatic heterocycles. The maximum absolute atomic E-state index is 5.61. The summed E-state index contributed by atoms with van der Waals surface area (Å²) in [6.45, 7) is 4.18. The third-order valence-corrected chi connectivity index (χ3v) is 2.15. The van der Waals surface area contributed by atoms with Gasteiger partial charge in [0.05, 0.1) is 17.5 Å². The van der Waals surface area contributed by atoms with E-state index in [0.29, 0.717) is 12.5 Å². The number of nitrogen functional groups attached to an aromatic ring is 1. The molecule has 2 aromatic rings. The van der Waals surface area contributed by atoms with E-state index in [1.54, 1.807) is 6.08 Å². The third kappa shape index (κ3) is 2.11. The molecule has 0 bridgehead atoms. The largest absolute Gasteiger partial charge is 0.477 e. The highest BCUT2D eigenvalue weighted by atomic mass is 16.5. The molecule has 4 heteroatoms. The monoisotopic (exact) mass is 215 g/mol. The van der Waals surface area contributed by atoms with E-state index in [4.69, 9.17) is 10.5 Å². The Balaban J connectivity index is 2.38. The van der Waals surface area contributed by atoms with Crippen molar-refractivity contribution in [1.29, 1.82) is 0 Å². The molecule has 82 valence electrons. The number of rotatable bonds is 4. The van der Waals surface area contributed by atoms with Gasteiger partial charge >= 0.3 is 0 Å². The summed E-state index contributed by atoms with van der Waals surface area (Å²) in [6.07, 6.45) is 2.57. The first kappa shape index (κ1) is 10.4. The molecule has 0 spiro atoms. The number of ether oxygens (including phenoxy) is 1. The van der Waals surface area contributed by atoms with Crippen molar-refractivity contribution < 1.29 is 4.74 Å². The summed E-state index contributed by atoms with van der Waals surface area (Å²) in [4.78, 5) is 8.21. The van der Waals surface area contributed by atoms with E-state index in [0.717, 1.165) is 17.3 Å². The molecule has 16 heavy (non-hydrogen) atoms. The first-order chi connectivity index (χ1) is 7.81. The van der Waals surface area contributed by atoms with Crippen LogP contribution in [-0.4, -0.2) is 16.6 Å². The van der Waals surface area contributed by atoms with E-state index < -0.39 is 0 Å². The van der Waals surface area contributed by atoms with Gasteiger partial charge in [-0.2, -0.15) is 4.98 Å². The molecular formula is C12H13N3O. The second-order valence-corrected chi connectivity index (χ2v) is 3.33. The first-order valence-corrected chi connectivity index (χ1v) is 5.07. The van der Waals surface area contributed by atoms with Crippen LogP contribution in [0.5, 0.6) is 5.88 Å². The summed E-state index contributed by atoms with van der Waals surface area (Å²) in [6, 6.07) is 7.62. The van der Waals surface area contributed by atoms with Gasteiger partial charge in [-0.05, 0) is 18.6 Å². The zero-order valence-electron chi connectivity index (χ0n) is 8.89. The van der Waals surface area contributed by atoms with Crippen molar-refractivity contribution in [2.45, 2.75) is 6.42 Å². The Morgan fingerprint density at radius 3 is 2.94 bits per heavy atom. The third-order valence-electron chi connectivity index (χ3n) is 2.15. The Morgan fingerprint density at radius 1 is 1.31 bits per heavy atom. The lowest BCUT2D eigenvalue weighted by Crippen LogP contribution is -2.02. The van der Waals surface area contributed by atoms with Gasteiger partial charge in [0, 0.05) is 0 Å². The van der Waals surface area contributed by atoms with Gasteiger partial charge in [0.25, 0.3) is 0 Å². The molecule has 2 N–H and O–H groups in total. The predicted molar refractivity (Wildman–Crippen MR) is 64.3 cm³/mol. The van der Waals surface area contributed by atoms with Gasteiger partial charge in [-0.1, -0.05) is 18.2 Å². The van der Waals surface area contributed by atoms with Crippen LogP contribution in [0.1, 0.15) is 6.42 Å². The van der Waals surface area contributed by atoms with E-state index in [9.17, 15) is 0 Å². The summed E-state index contributed by atoms with van der Waals surface area (Å²) in [5, 5.41) is 0.876. The van der Waals surface area contributed by atoms with Crippen LogP contribution in [0.15, 0.2) is 36.9 Å². The minimum absolute atomic E-state index is 0.229. The molecule has 0 saturated carbocycles. The van der Waals surface area contributed by atoms with Gasteiger partial charge in [0.15, 0.2) is 0 Å². The summed E-state index contributed by atoms with van der Waals surface area (Å²) in [7, 11) is 0. The SMILES string of the molecule is C=CCCOc1nc(N)nc2ccccc12. The van der Waals surface area contributed by atoms with Gasteiger partial charge in [-0.25, -0.2) is 4.98 Å². The number of hydrogen-bond donors (Lipinski definition) is 1. The first-order valence-electron chi connectivity index (χ1n) is 5.07. The zero-order valence-corrected chi connectivity index (χ0v) is 8.89. The van der Waals surface area contributed by atoms with Crippen molar-refractivity contribution in [2.24, 2.45) is 0 Å². The molecular weight excluding hydrogens is 202 g/mol. The normalized spacial score (nSPS) is 10.2. The zero-order chi connectivity index (χ0) is 11.4. The molecule has 0 unspecified atom stereocenters. The maximum Gasteiger partial charge on any atom is 0.226 e. The van der Waals surface area contributed by atoms with Crippen molar-refractivity contribution in [3.05, 3.63) is 36.9 Å². The molecule has 1 heterocycles. The number of nitrogens with two attached hydrogens (primary N) is 1. The molecule has 0 radical (unpaired) electrons. The highest BCUT2D eigenvalue weighted by molar-refractivity contribution is 5.84. The topological polar surface area (TPSA) is 61.0 Å².